The number of fused-ring (bicyclic) bond motifs is 1. The summed E-state index contributed by atoms with van der Waals surface area (Å²) in [6, 6.07) is 8.21. The summed E-state index contributed by atoms with van der Waals surface area (Å²) in [5.74, 6) is -1.28. The molecule has 5 nitrogen and oxygen atoms in total. The van der Waals surface area contributed by atoms with Crippen LogP contribution >= 0.6 is 0 Å². The number of hydrogen-bond acceptors (Lipinski definition) is 4. The van der Waals surface area contributed by atoms with E-state index in [-0.39, 0.29) is 23.3 Å². The second-order valence-electron chi connectivity index (χ2n) is 9.60. The van der Waals surface area contributed by atoms with Crippen molar-refractivity contribution >= 4 is 5.97 Å². The average Bonchev–Trinajstić information content (AvgIpc) is 3.39. The summed E-state index contributed by atoms with van der Waals surface area (Å²) in [7, 11) is 0. The third-order valence-electron chi connectivity index (χ3n) is 7.07. The van der Waals surface area contributed by atoms with Crippen LogP contribution in [-0.2, 0) is 24.2 Å². The van der Waals surface area contributed by atoms with Gasteiger partial charge in [-0.1, -0.05) is 6.07 Å². The average molecular weight is 443 g/mol. The summed E-state index contributed by atoms with van der Waals surface area (Å²) in [4.78, 5) is 13.7. The van der Waals surface area contributed by atoms with E-state index in [2.05, 4.69) is 4.90 Å². The zero-order valence-electron chi connectivity index (χ0n) is 18.1. The van der Waals surface area contributed by atoms with Gasteiger partial charge in [0.05, 0.1) is 17.6 Å². The largest absolute Gasteiger partial charge is 0.494 e. The van der Waals surface area contributed by atoms with E-state index >= 15 is 0 Å². The molecule has 1 heterocycles. The van der Waals surface area contributed by atoms with Gasteiger partial charge in [0.25, 0.3) is 0 Å². The third kappa shape index (κ3) is 3.83. The van der Waals surface area contributed by atoms with Crippen LogP contribution in [0.4, 0.5) is 8.78 Å². The molecule has 3 aliphatic rings. The van der Waals surface area contributed by atoms with Crippen molar-refractivity contribution in [2.45, 2.75) is 39.2 Å². The SMILES string of the molecule is CCOc1cc(F)c(COc2ccc3c(c2)CC2(C3)CN(CC3(C(=O)O)CC3)C2)c(F)c1. The van der Waals surface area contributed by atoms with E-state index in [1.165, 1.54) is 23.3 Å². The summed E-state index contributed by atoms with van der Waals surface area (Å²) < 4.78 is 39.4. The minimum absolute atomic E-state index is 0.118. The molecule has 1 spiro atoms. The van der Waals surface area contributed by atoms with Crippen molar-refractivity contribution in [1.29, 1.82) is 0 Å². The topological polar surface area (TPSA) is 59.0 Å². The number of hydrogen-bond donors (Lipinski definition) is 1. The lowest BCUT2D eigenvalue weighted by atomic mass is 9.76. The fraction of sp³-hybridized carbons (Fsp3) is 0.480. The number of benzene rings is 2. The van der Waals surface area contributed by atoms with Crippen molar-refractivity contribution in [3.05, 3.63) is 58.7 Å². The Balaban J connectivity index is 1.20. The maximum atomic E-state index is 14.3. The van der Waals surface area contributed by atoms with Crippen molar-refractivity contribution in [2.75, 3.05) is 26.2 Å². The van der Waals surface area contributed by atoms with E-state index in [9.17, 15) is 18.7 Å². The van der Waals surface area contributed by atoms with Crippen LogP contribution in [0.3, 0.4) is 0 Å². The Labute approximate surface area is 185 Å². The van der Waals surface area contributed by atoms with E-state index in [4.69, 9.17) is 9.47 Å². The van der Waals surface area contributed by atoms with Gasteiger partial charge >= 0.3 is 5.97 Å². The molecule has 0 aromatic heterocycles. The van der Waals surface area contributed by atoms with Gasteiger partial charge in [0.1, 0.15) is 29.7 Å². The predicted octanol–water partition coefficient (Wildman–Crippen LogP) is 4.21. The number of nitrogens with zero attached hydrogens (tertiary/aromatic N) is 1. The molecule has 1 N–H and O–H groups in total. The quantitative estimate of drug-likeness (QED) is 0.663. The Morgan fingerprint density at radius 3 is 2.34 bits per heavy atom. The van der Waals surface area contributed by atoms with Crippen LogP contribution in [0.1, 0.15) is 36.5 Å². The van der Waals surface area contributed by atoms with Gasteiger partial charge in [0.15, 0.2) is 0 Å². The predicted molar refractivity (Wildman–Crippen MR) is 114 cm³/mol. The first kappa shape index (κ1) is 21.2. The number of carboxylic acid groups (broad SMARTS) is 1. The Morgan fingerprint density at radius 1 is 1.03 bits per heavy atom. The molecule has 0 amide bonds. The molecule has 2 fully saturated rings. The highest BCUT2D eigenvalue weighted by atomic mass is 19.1. The lowest BCUT2D eigenvalue weighted by Gasteiger charge is -2.49. The van der Waals surface area contributed by atoms with Gasteiger partial charge in [-0.05, 0) is 55.9 Å². The van der Waals surface area contributed by atoms with Crippen LogP contribution in [0.15, 0.2) is 30.3 Å². The first-order valence-corrected chi connectivity index (χ1v) is 11.1. The zero-order chi connectivity index (χ0) is 22.5. The van der Waals surface area contributed by atoms with Crippen LogP contribution in [0.25, 0.3) is 0 Å². The molecule has 1 saturated heterocycles. The molecule has 0 radical (unpaired) electrons. The molecule has 1 aliphatic heterocycles. The number of carbonyl (C=O) groups is 1. The summed E-state index contributed by atoms with van der Waals surface area (Å²) >= 11 is 0. The minimum atomic E-state index is -0.682. The number of likely N-dealkylation sites (tertiary alicyclic amines) is 1. The first-order chi connectivity index (χ1) is 15.3. The number of rotatable bonds is 8. The highest BCUT2D eigenvalue weighted by molar-refractivity contribution is 5.78. The Morgan fingerprint density at radius 2 is 1.72 bits per heavy atom. The Hall–Kier alpha value is -2.67. The Bertz CT molecular complexity index is 1040. The van der Waals surface area contributed by atoms with Gasteiger partial charge in [-0.2, -0.15) is 0 Å². The van der Waals surface area contributed by atoms with Crippen molar-refractivity contribution in [3.63, 3.8) is 0 Å². The number of carboxylic acids is 1. The summed E-state index contributed by atoms with van der Waals surface area (Å²) in [5.41, 5.74) is 2.01. The number of ether oxygens (including phenoxy) is 2. The van der Waals surface area contributed by atoms with Crippen LogP contribution in [0.2, 0.25) is 0 Å². The lowest BCUT2D eigenvalue weighted by Crippen LogP contribution is -2.58. The first-order valence-electron chi connectivity index (χ1n) is 11.1. The molecular formula is C25H27F2NO4. The van der Waals surface area contributed by atoms with E-state index < -0.39 is 23.0 Å². The minimum Gasteiger partial charge on any atom is -0.494 e. The number of aliphatic carboxylic acids is 1. The fourth-order valence-electron chi connectivity index (χ4n) is 5.28. The van der Waals surface area contributed by atoms with Gasteiger partial charge < -0.3 is 19.5 Å². The van der Waals surface area contributed by atoms with Gasteiger partial charge in [-0.25, -0.2) is 8.78 Å². The maximum absolute atomic E-state index is 14.3. The molecule has 170 valence electrons. The van der Waals surface area contributed by atoms with Crippen molar-refractivity contribution in [3.8, 4) is 11.5 Å². The summed E-state index contributed by atoms with van der Waals surface area (Å²) in [6.07, 6.45) is 3.45. The standard InChI is InChI=1S/C25H27F2NO4/c1-2-31-19-8-21(26)20(22(27)9-19)12-32-18-4-3-16-10-24(11-17(16)7-18)13-28(14-24)15-25(5-6-25)23(29)30/h3-4,7-9H,2,5-6,10-15H2,1H3,(H,29,30). The molecule has 1 saturated carbocycles. The third-order valence-corrected chi connectivity index (χ3v) is 7.07. The molecule has 5 rings (SSSR count). The van der Waals surface area contributed by atoms with E-state index in [1.807, 2.05) is 18.2 Å². The van der Waals surface area contributed by atoms with Crippen LogP contribution < -0.4 is 9.47 Å². The van der Waals surface area contributed by atoms with Crippen molar-refractivity contribution in [2.24, 2.45) is 10.8 Å². The highest BCUT2D eigenvalue weighted by Gasteiger charge is 2.55. The van der Waals surface area contributed by atoms with E-state index in [1.54, 1.807) is 6.92 Å². The van der Waals surface area contributed by atoms with E-state index in [0.29, 0.717) is 18.9 Å². The van der Waals surface area contributed by atoms with Gasteiger partial charge in [-0.3, -0.25) is 4.79 Å². The molecule has 2 aromatic rings. The second-order valence-corrected chi connectivity index (χ2v) is 9.60. The van der Waals surface area contributed by atoms with Gasteiger partial charge in [-0.15, -0.1) is 0 Å². The number of halogens is 2. The molecular weight excluding hydrogens is 416 g/mol. The van der Waals surface area contributed by atoms with Crippen LogP contribution in [0.5, 0.6) is 11.5 Å². The van der Waals surface area contributed by atoms with Gasteiger partial charge in [0.2, 0.25) is 0 Å². The molecule has 0 atom stereocenters. The fourth-order valence-corrected chi connectivity index (χ4v) is 5.28. The Kier molecular flexibility index (Phi) is 5.12. The smallest absolute Gasteiger partial charge is 0.310 e. The monoisotopic (exact) mass is 443 g/mol. The molecule has 7 heteroatoms. The van der Waals surface area contributed by atoms with Crippen LogP contribution in [0, 0.1) is 22.5 Å². The summed E-state index contributed by atoms with van der Waals surface area (Å²) in [6.45, 7) is 4.37. The van der Waals surface area contributed by atoms with Gasteiger partial charge in [0, 0.05) is 37.2 Å². The normalized spacial score (nSPS) is 20.0. The second kappa shape index (κ2) is 7.73. The summed E-state index contributed by atoms with van der Waals surface area (Å²) in [5, 5.41) is 9.41. The highest BCUT2D eigenvalue weighted by Crippen LogP contribution is 2.51. The molecule has 0 bridgehead atoms. The maximum Gasteiger partial charge on any atom is 0.310 e. The van der Waals surface area contributed by atoms with E-state index in [0.717, 1.165) is 38.8 Å². The lowest BCUT2D eigenvalue weighted by molar-refractivity contribution is -0.145. The molecule has 32 heavy (non-hydrogen) atoms. The molecule has 2 aliphatic carbocycles. The van der Waals surface area contributed by atoms with Crippen molar-refractivity contribution < 1.29 is 28.2 Å². The van der Waals surface area contributed by atoms with Crippen LogP contribution in [-0.4, -0.2) is 42.2 Å². The zero-order valence-corrected chi connectivity index (χ0v) is 18.1. The molecule has 2 aromatic carbocycles. The molecule has 0 unspecified atom stereocenters. The van der Waals surface area contributed by atoms with Crippen molar-refractivity contribution in [1.82, 2.24) is 4.90 Å².